The number of nitrogens with zero attached hydrogens (tertiary/aromatic N) is 3. The summed E-state index contributed by atoms with van der Waals surface area (Å²) in [5.74, 6) is 6.41. The van der Waals surface area contributed by atoms with Gasteiger partial charge < -0.3 is 10.1 Å². The summed E-state index contributed by atoms with van der Waals surface area (Å²) in [5, 5.41) is 3.24. The average Bonchev–Trinajstić information content (AvgIpc) is 2.45. The lowest BCUT2D eigenvalue weighted by Gasteiger charge is -2.32. The second kappa shape index (κ2) is 6.48. The van der Waals surface area contributed by atoms with Crippen LogP contribution in [0.5, 0.6) is 0 Å². The van der Waals surface area contributed by atoms with Crippen LogP contribution in [0.1, 0.15) is 6.92 Å². The van der Waals surface area contributed by atoms with Crippen molar-refractivity contribution in [3.8, 4) is 0 Å². The van der Waals surface area contributed by atoms with Crippen molar-refractivity contribution in [2.75, 3.05) is 43.5 Å². The van der Waals surface area contributed by atoms with Gasteiger partial charge in [0, 0.05) is 25.8 Å². The third-order valence-corrected chi connectivity index (χ3v) is 2.97. The van der Waals surface area contributed by atoms with Gasteiger partial charge in [-0.3, -0.25) is 10.3 Å². The van der Waals surface area contributed by atoms with Gasteiger partial charge in [-0.05, 0) is 12.6 Å². The van der Waals surface area contributed by atoms with Crippen molar-refractivity contribution < 1.29 is 4.74 Å². The molecule has 1 aliphatic rings. The number of hydrazine groups is 1. The van der Waals surface area contributed by atoms with Gasteiger partial charge >= 0.3 is 0 Å². The largest absolute Gasteiger partial charge is 0.374 e. The molecule has 7 heteroatoms. The summed E-state index contributed by atoms with van der Waals surface area (Å²) in [6.07, 6.45) is 1.85. The van der Waals surface area contributed by atoms with Crippen LogP contribution in [0.25, 0.3) is 0 Å². The van der Waals surface area contributed by atoms with Crippen molar-refractivity contribution in [3.05, 3.63) is 12.3 Å². The van der Waals surface area contributed by atoms with E-state index in [1.165, 1.54) is 0 Å². The number of nitrogens with two attached hydrogens (primary N) is 1. The molecule has 0 radical (unpaired) electrons. The van der Waals surface area contributed by atoms with Crippen LogP contribution in [0.15, 0.2) is 12.3 Å². The summed E-state index contributed by atoms with van der Waals surface area (Å²) in [5.41, 5.74) is 2.42. The van der Waals surface area contributed by atoms with Crippen molar-refractivity contribution in [2.45, 2.75) is 13.0 Å². The van der Waals surface area contributed by atoms with E-state index in [4.69, 9.17) is 10.6 Å². The van der Waals surface area contributed by atoms with E-state index in [1.807, 2.05) is 0 Å². The van der Waals surface area contributed by atoms with E-state index in [9.17, 15) is 0 Å². The van der Waals surface area contributed by atoms with Crippen molar-refractivity contribution in [1.82, 2.24) is 14.9 Å². The van der Waals surface area contributed by atoms with E-state index in [-0.39, 0.29) is 6.10 Å². The van der Waals surface area contributed by atoms with Crippen molar-refractivity contribution in [1.29, 1.82) is 0 Å². The Hall–Kier alpha value is -1.44. The second-order valence-electron chi connectivity index (χ2n) is 4.18. The average molecular weight is 252 g/mol. The van der Waals surface area contributed by atoms with Gasteiger partial charge in [-0.25, -0.2) is 10.8 Å². The van der Waals surface area contributed by atoms with Gasteiger partial charge in [-0.1, -0.05) is 6.92 Å². The first-order valence-corrected chi connectivity index (χ1v) is 6.19. The molecule has 1 unspecified atom stereocenters. The van der Waals surface area contributed by atoms with Gasteiger partial charge in [0.2, 0.25) is 5.95 Å². The molecule has 1 atom stereocenters. The maximum Gasteiger partial charge on any atom is 0.239 e. The molecule has 100 valence electrons. The fourth-order valence-corrected chi connectivity index (χ4v) is 1.94. The number of morpholine rings is 1. The third kappa shape index (κ3) is 3.52. The number of aromatic nitrogens is 2. The van der Waals surface area contributed by atoms with E-state index in [0.717, 1.165) is 38.6 Å². The molecule has 1 saturated heterocycles. The predicted octanol–water partition coefficient (Wildman–Crippen LogP) is -0.105. The van der Waals surface area contributed by atoms with E-state index in [1.54, 1.807) is 12.3 Å². The van der Waals surface area contributed by atoms with E-state index >= 15 is 0 Å². The van der Waals surface area contributed by atoms with Crippen LogP contribution in [0, 0.1) is 0 Å². The zero-order valence-corrected chi connectivity index (χ0v) is 10.6. The molecule has 7 nitrogen and oxygen atoms in total. The minimum absolute atomic E-state index is 0.197. The van der Waals surface area contributed by atoms with Crippen LogP contribution < -0.4 is 16.6 Å². The summed E-state index contributed by atoms with van der Waals surface area (Å²) in [6.45, 7) is 6.73. The topological polar surface area (TPSA) is 88.3 Å². The summed E-state index contributed by atoms with van der Waals surface area (Å²) < 4.78 is 5.70. The molecule has 2 heterocycles. The van der Waals surface area contributed by atoms with Gasteiger partial charge in [0.1, 0.15) is 5.82 Å². The summed E-state index contributed by atoms with van der Waals surface area (Å²) >= 11 is 0. The molecule has 0 aromatic carbocycles. The highest BCUT2D eigenvalue weighted by Crippen LogP contribution is 2.08. The maximum absolute atomic E-state index is 5.70. The van der Waals surface area contributed by atoms with Crippen molar-refractivity contribution in [2.24, 2.45) is 5.84 Å². The van der Waals surface area contributed by atoms with Gasteiger partial charge in [0.15, 0.2) is 0 Å². The maximum atomic E-state index is 5.70. The Bertz CT molecular complexity index is 374. The number of hydrogen-bond acceptors (Lipinski definition) is 7. The molecule has 4 N–H and O–H groups in total. The van der Waals surface area contributed by atoms with Crippen molar-refractivity contribution in [3.63, 3.8) is 0 Å². The molecule has 2 rings (SSSR count). The molecule has 1 aromatic rings. The Kier molecular flexibility index (Phi) is 4.68. The fraction of sp³-hybridized carbons (Fsp3) is 0.636. The number of ether oxygens (including phenoxy) is 1. The van der Waals surface area contributed by atoms with E-state index in [0.29, 0.717) is 5.95 Å². The minimum Gasteiger partial charge on any atom is -0.374 e. The lowest BCUT2D eigenvalue weighted by Crippen LogP contribution is -2.45. The highest BCUT2D eigenvalue weighted by Gasteiger charge is 2.18. The van der Waals surface area contributed by atoms with Crippen molar-refractivity contribution >= 4 is 11.8 Å². The number of nitrogens with one attached hydrogen (secondary N) is 2. The Labute approximate surface area is 107 Å². The molecule has 1 aromatic heterocycles. The molecule has 0 spiro atoms. The minimum atomic E-state index is 0.197. The van der Waals surface area contributed by atoms with Gasteiger partial charge in [0.25, 0.3) is 0 Å². The molecule has 1 fully saturated rings. The van der Waals surface area contributed by atoms with Crippen LogP contribution >= 0.6 is 0 Å². The van der Waals surface area contributed by atoms with Crippen LogP contribution in [0.4, 0.5) is 11.8 Å². The van der Waals surface area contributed by atoms with Crippen LogP contribution in [0.3, 0.4) is 0 Å². The lowest BCUT2D eigenvalue weighted by molar-refractivity contribution is -0.0192. The Balaban J connectivity index is 1.83. The molecular formula is C11H20N6O. The molecule has 0 aliphatic carbocycles. The molecule has 0 saturated carbocycles. The zero-order valence-electron chi connectivity index (χ0n) is 10.6. The Morgan fingerprint density at radius 3 is 3.28 bits per heavy atom. The first-order chi connectivity index (χ1) is 8.81. The molecular weight excluding hydrogens is 232 g/mol. The van der Waals surface area contributed by atoms with Crippen LogP contribution in [0.2, 0.25) is 0 Å². The summed E-state index contributed by atoms with van der Waals surface area (Å²) in [7, 11) is 0. The van der Waals surface area contributed by atoms with Crippen LogP contribution in [-0.2, 0) is 4.74 Å². The standard InChI is InChI=1S/C11H20N6O/c1-2-17-5-6-18-9(8-17)7-14-10-3-4-13-11(15-10)16-12/h3-4,9H,2,5-8,12H2,1H3,(H2,13,14,15,16). The van der Waals surface area contributed by atoms with E-state index < -0.39 is 0 Å². The molecule has 0 bridgehead atoms. The predicted molar refractivity (Wildman–Crippen MR) is 70.2 cm³/mol. The summed E-state index contributed by atoms with van der Waals surface area (Å²) in [4.78, 5) is 10.5. The zero-order chi connectivity index (χ0) is 12.8. The second-order valence-corrected chi connectivity index (χ2v) is 4.18. The SMILES string of the molecule is CCN1CCOC(CNc2ccnc(NN)n2)C1. The van der Waals surface area contributed by atoms with Gasteiger partial charge in [-0.2, -0.15) is 4.98 Å². The van der Waals surface area contributed by atoms with Crippen LogP contribution in [-0.4, -0.2) is 53.8 Å². The first kappa shape index (κ1) is 13.0. The molecule has 0 amide bonds. The van der Waals surface area contributed by atoms with Gasteiger partial charge in [0.05, 0.1) is 12.7 Å². The lowest BCUT2D eigenvalue weighted by atomic mass is 10.2. The number of nitrogen functional groups attached to an aromatic ring is 1. The molecule has 18 heavy (non-hydrogen) atoms. The highest BCUT2D eigenvalue weighted by molar-refractivity contribution is 5.38. The van der Waals surface area contributed by atoms with E-state index in [2.05, 4.69) is 32.5 Å². The third-order valence-electron chi connectivity index (χ3n) is 2.97. The summed E-state index contributed by atoms with van der Waals surface area (Å²) in [6, 6.07) is 1.81. The number of anilines is 2. The normalized spacial score (nSPS) is 20.7. The monoisotopic (exact) mass is 252 g/mol. The van der Waals surface area contributed by atoms with Gasteiger partial charge in [-0.15, -0.1) is 0 Å². The highest BCUT2D eigenvalue weighted by atomic mass is 16.5. The smallest absolute Gasteiger partial charge is 0.239 e. The number of likely N-dealkylation sites (N-methyl/N-ethyl adjacent to an activating group) is 1. The fourth-order valence-electron chi connectivity index (χ4n) is 1.94. The molecule has 1 aliphatic heterocycles. The first-order valence-electron chi connectivity index (χ1n) is 6.19. The Morgan fingerprint density at radius 2 is 2.50 bits per heavy atom. The number of rotatable bonds is 5. The number of hydrogen-bond donors (Lipinski definition) is 3. The Morgan fingerprint density at radius 1 is 1.61 bits per heavy atom. The quantitative estimate of drug-likeness (QED) is 0.498.